The van der Waals surface area contributed by atoms with Crippen LogP contribution in [-0.4, -0.2) is 73.0 Å². The van der Waals surface area contributed by atoms with Crippen molar-refractivity contribution in [2.75, 3.05) is 45.8 Å². The largest absolute Gasteiger partial charge is 0.356 e. The molecule has 0 aromatic carbocycles. The van der Waals surface area contributed by atoms with Crippen LogP contribution in [0.1, 0.15) is 65.7 Å². The van der Waals surface area contributed by atoms with E-state index in [1.54, 1.807) is 0 Å². The Kier molecular flexibility index (Phi) is 6.45. The first-order valence-electron chi connectivity index (χ1n) is 12.2. The molecular weight excluding hydrogens is 376 g/mol. The van der Waals surface area contributed by atoms with Crippen molar-refractivity contribution in [2.45, 2.75) is 71.3 Å². The quantitative estimate of drug-likeness (QED) is 0.623. The summed E-state index contributed by atoms with van der Waals surface area (Å²) >= 11 is 0. The van der Waals surface area contributed by atoms with Crippen molar-refractivity contribution in [3.63, 3.8) is 0 Å². The molecule has 6 heteroatoms. The highest BCUT2D eigenvalue weighted by Gasteiger charge is 2.51. The van der Waals surface area contributed by atoms with Gasteiger partial charge in [-0.05, 0) is 69.2 Å². The van der Waals surface area contributed by atoms with E-state index in [4.69, 9.17) is 0 Å². The summed E-state index contributed by atoms with van der Waals surface area (Å²) in [6, 6.07) is 0. The molecule has 5 rings (SSSR count). The monoisotopic (exact) mass is 418 g/mol. The number of piperazine rings is 1. The number of carbonyl (C=O) groups excluding carboxylic acids is 2. The van der Waals surface area contributed by atoms with Gasteiger partial charge in [0.1, 0.15) is 0 Å². The zero-order chi connectivity index (χ0) is 21.4. The van der Waals surface area contributed by atoms with Gasteiger partial charge < -0.3 is 15.5 Å². The first-order chi connectivity index (χ1) is 14.2. The highest BCUT2D eigenvalue weighted by molar-refractivity contribution is 5.81. The Labute approximate surface area is 182 Å². The highest BCUT2D eigenvalue weighted by atomic mass is 16.2. The minimum Gasteiger partial charge on any atom is -0.356 e. The maximum atomic E-state index is 12.8. The third-order valence-electron chi connectivity index (χ3n) is 7.89. The Bertz CT molecular complexity index is 598. The molecule has 30 heavy (non-hydrogen) atoms. The first kappa shape index (κ1) is 22.1. The predicted octanol–water partition coefficient (Wildman–Crippen LogP) is 2.24. The molecule has 170 valence electrons. The molecule has 1 heterocycles. The number of nitrogens with one attached hydrogen (secondary N) is 2. The third-order valence-corrected chi connectivity index (χ3v) is 7.89. The van der Waals surface area contributed by atoms with Gasteiger partial charge in [-0.2, -0.15) is 0 Å². The van der Waals surface area contributed by atoms with E-state index in [2.05, 4.69) is 20.4 Å². The first-order valence-corrected chi connectivity index (χ1v) is 12.2. The van der Waals surface area contributed by atoms with Crippen LogP contribution in [0.4, 0.5) is 0 Å². The average molecular weight is 419 g/mol. The van der Waals surface area contributed by atoms with E-state index in [-0.39, 0.29) is 22.8 Å². The number of nitrogens with zero attached hydrogens (tertiary/aromatic N) is 2. The van der Waals surface area contributed by atoms with Crippen LogP contribution >= 0.6 is 0 Å². The molecule has 0 radical (unpaired) electrons. The number of hydrogen-bond donors (Lipinski definition) is 2. The van der Waals surface area contributed by atoms with Crippen molar-refractivity contribution in [1.82, 2.24) is 20.4 Å². The van der Waals surface area contributed by atoms with E-state index >= 15 is 0 Å². The summed E-state index contributed by atoms with van der Waals surface area (Å²) in [4.78, 5) is 29.5. The van der Waals surface area contributed by atoms with Gasteiger partial charge in [0.15, 0.2) is 0 Å². The molecule has 1 saturated heterocycles. The molecule has 0 spiro atoms. The molecule has 5 fully saturated rings. The van der Waals surface area contributed by atoms with Crippen molar-refractivity contribution in [2.24, 2.45) is 23.2 Å². The topological polar surface area (TPSA) is 64.7 Å². The molecule has 1 aliphatic heterocycles. The van der Waals surface area contributed by atoms with Crippen LogP contribution in [0.5, 0.6) is 0 Å². The van der Waals surface area contributed by atoms with Crippen LogP contribution in [0, 0.1) is 23.2 Å². The minimum absolute atomic E-state index is 0.123. The van der Waals surface area contributed by atoms with Crippen molar-refractivity contribution >= 4 is 11.8 Å². The minimum atomic E-state index is -0.317. The van der Waals surface area contributed by atoms with Gasteiger partial charge in [0.25, 0.3) is 0 Å². The summed E-state index contributed by atoms with van der Waals surface area (Å²) in [6.07, 6.45) is 8.90. The molecule has 4 bridgehead atoms. The predicted molar refractivity (Wildman–Crippen MR) is 119 cm³/mol. The van der Waals surface area contributed by atoms with E-state index in [1.165, 1.54) is 38.5 Å². The lowest BCUT2D eigenvalue weighted by molar-refractivity contribution is -0.129. The maximum Gasteiger partial charge on any atom is 0.234 e. The van der Waals surface area contributed by atoms with Crippen LogP contribution in [0.25, 0.3) is 0 Å². The lowest BCUT2D eigenvalue weighted by atomic mass is 9.53. The smallest absolute Gasteiger partial charge is 0.234 e. The Morgan fingerprint density at radius 3 is 1.97 bits per heavy atom. The van der Waals surface area contributed by atoms with Crippen LogP contribution in [0.2, 0.25) is 0 Å². The summed E-state index contributed by atoms with van der Waals surface area (Å²) in [7, 11) is 0. The van der Waals surface area contributed by atoms with Gasteiger partial charge in [-0.3, -0.25) is 14.5 Å². The molecular formula is C24H42N4O2. The molecule has 5 aliphatic rings. The highest BCUT2D eigenvalue weighted by Crippen LogP contribution is 2.55. The fraction of sp³-hybridized carbons (Fsp3) is 0.917. The van der Waals surface area contributed by atoms with Gasteiger partial charge in [-0.25, -0.2) is 0 Å². The van der Waals surface area contributed by atoms with Crippen LogP contribution in [0.3, 0.4) is 0 Å². The Hall–Kier alpha value is -1.14. The zero-order valence-corrected chi connectivity index (χ0v) is 19.3. The summed E-state index contributed by atoms with van der Waals surface area (Å²) in [6.45, 7) is 12.1. The summed E-state index contributed by atoms with van der Waals surface area (Å²) < 4.78 is 0. The average Bonchev–Trinajstić information content (AvgIpc) is 2.64. The van der Waals surface area contributed by atoms with Crippen molar-refractivity contribution in [1.29, 1.82) is 0 Å². The fourth-order valence-corrected chi connectivity index (χ4v) is 6.74. The zero-order valence-electron chi connectivity index (χ0n) is 19.3. The lowest BCUT2D eigenvalue weighted by Crippen LogP contribution is -2.61. The van der Waals surface area contributed by atoms with E-state index in [0.29, 0.717) is 6.54 Å². The van der Waals surface area contributed by atoms with Gasteiger partial charge >= 0.3 is 0 Å². The Morgan fingerprint density at radius 1 is 0.900 bits per heavy atom. The van der Waals surface area contributed by atoms with Crippen LogP contribution in [0.15, 0.2) is 0 Å². The second-order valence-corrected chi connectivity index (χ2v) is 11.7. The summed E-state index contributed by atoms with van der Waals surface area (Å²) in [5.41, 5.74) is -0.187. The lowest BCUT2D eigenvalue weighted by Gasteiger charge is -2.57. The fourth-order valence-electron chi connectivity index (χ4n) is 6.74. The number of carbonyl (C=O) groups is 2. The number of amides is 2. The second-order valence-electron chi connectivity index (χ2n) is 11.7. The second kappa shape index (κ2) is 8.78. The molecule has 2 N–H and O–H groups in total. The maximum absolute atomic E-state index is 12.8. The molecule has 2 amide bonds. The molecule has 0 atom stereocenters. The van der Waals surface area contributed by atoms with E-state index in [9.17, 15) is 9.59 Å². The summed E-state index contributed by atoms with van der Waals surface area (Å²) in [5.74, 6) is 2.97. The molecule has 4 saturated carbocycles. The van der Waals surface area contributed by atoms with Crippen molar-refractivity contribution < 1.29 is 9.59 Å². The summed E-state index contributed by atoms with van der Waals surface area (Å²) in [5, 5.41) is 6.54. The number of rotatable bonds is 7. The standard InChI is InChI=1S/C24H42N4O2/c1-23(2,3)22(30)25-5-4-6-27-7-9-28(10-8-27)17-21(29)26-24-14-18-11-19(15-24)13-20(12-18)16-24/h18-20H,4-17H2,1-3H3,(H,25,30)(H,26,29). The van der Waals surface area contributed by atoms with E-state index in [0.717, 1.165) is 63.4 Å². The Balaban J connectivity index is 1.12. The van der Waals surface area contributed by atoms with E-state index in [1.807, 2.05) is 20.8 Å². The molecule has 0 aromatic rings. The number of hydrogen-bond acceptors (Lipinski definition) is 4. The van der Waals surface area contributed by atoms with E-state index < -0.39 is 0 Å². The molecule has 0 unspecified atom stereocenters. The van der Waals surface area contributed by atoms with Crippen LogP contribution < -0.4 is 10.6 Å². The van der Waals surface area contributed by atoms with Gasteiger partial charge in [-0.1, -0.05) is 20.8 Å². The van der Waals surface area contributed by atoms with Crippen molar-refractivity contribution in [3.05, 3.63) is 0 Å². The van der Waals surface area contributed by atoms with Gasteiger partial charge in [-0.15, -0.1) is 0 Å². The third kappa shape index (κ3) is 5.37. The van der Waals surface area contributed by atoms with Gasteiger partial charge in [0.05, 0.1) is 6.54 Å². The SMILES string of the molecule is CC(C)(C)C(=O)NCCCN1CCN(CC(=O)NC23CC4CC(CC(C4)C2)C3)CC1. The van der Waals surface area contributed by atoms with Gasteiger partial charge in [0, 0.05) is 43.7 Å². The Morgan fingerprint density at radius 2 is 1.43 bits per heavy atom. The van der Waals surface area contributed by atoms with Gasteiger partial charge in [0.2, 0.25) is 11.8 Å². The molecule has 0 aromatic heterocycles. The molecule has 6 nitrogen and oxygen atoms in total. The normalized spacial score (nSPS) is 34.2. The van der Waals surface area contributed by atoms with Crippen LogP contribution in [-0.2, 0) is 9.59 Å². The van der Waals surface area contributed by atoms with Crippen molar-refractivity contribution in [3.8, 4) is 0 Å². The molecule has 4 aliphatic carbocycles.